The van der Waals surface area contributed by atoms with Gasteiger partial charge in [-0.2, -0.15) is 0 Å². The van der Waals surface area contributed by atoms with E-state index in [1.807, 2.05) is 0 Å². The van der Waals surface area contributed by atoms with Crippen LogP contribution in [0.5, 0.6) is 0 Å². The molecule has 0 aromatic heterocycles. The fourth-order valence-corrected chi connectivity index (χ4v) is 4.25. The summed E-state index contributed by atoms with van der Waals surface area (Å²) in [6.45, 7) is 29.3. The number of rotatable bonds is 7. The first-order valence-electron chi connectivity index (χ1n) is 10.4. The van der Waals surface area contributed by atoms with Crippen molar-refractivity contribution in [2.75, 3.05) is 13.1 Å². The highest BCUT2D eigenvalue weighted by atomic mass is 15.2. The molecule has 0 radical (unpaired) electrons. The molecule has 1 heterocycles. The van der Waals surface area contributed by atoms with Gasteiger partial charge < -0.3 is 0 Å². The minimum atomic E-state index is 0.429. The third-order valence-corrected chi connectivity index (χ3v) is 7.30. The van der Waals surface area contributed by atoms with Gasteiger partial charge >= 0.3 is 0 Å². The van der Waals surface area contributed by atoms with Crippen molar-refractivity contribution in [3.63, 3.8) is 0 Å². The van der Waals surface area contributed by atoms with E-state index < -0.39 is 0 Å². The van der Waals surface area contributed by atoms with E-state index in [9.17, 15) is 0 Å². The topological polar surface area (TPSA) is 3.24 Å². The quantitative estimate of drug-likeness (QED) is 0.490. The summed E-state index contributed by atoms with van der Waals surface area (Å²) < 4.78 is 0. The molecule has 3 unspecified atom stereocenters. The molecule has 1 rings (SSSR count). The van der Waals surface area contributed by atoms with E-state index in [4.69, 9.17) is 0 Å². The highest BCUT2D eigenvalue weighted by Gasteiger charge is 2.42. The Morgan fingerprint density at radius 1 is 0.875 bits per heavy atom. The Balaban J connectivity index is 2.53. The van der Waals surface area contributed by atoms with Gasteiger partial charge in [0.05, 0.1) is 0 Å². The maximum absolute atomic E-state index is 2.73. The largest absolute Gasteiger partial charge is 0.300 e. The van der Waals surface area contributed by atoms with E-state index in [1.165, 1.54) is 32.4 Å². The van der Waals surface area contributed by atoms with Crippen LogP contribution in [0.15, 0.2) is 0 Å². The molecular weight excluding hydrogens is 290 g/mol. The Bertz CT molecular complexity index is 376. The van der Waals surface area contributed by atoms with Gasteiger partial charge in [-0.25, -0.2) is 0 Å². The smallest absolute Gasteiger partial charge is 0.00699 e. The lowest BCUT2D eigenvalue weighted by Gasteiger charge is -2.52. The Kier molecular flexibility index (Phi) is 7.04. The first-order chi connectivity index (χ1) is 10.7. The second-order valence-corrected chi connectivity index (χ2v) is 11.7. The van der Waals surface area contributed by atoms with Crippen LogP contribution in [0.4, 0.5) is 0 Å². The average molecular weight is 338 g/mol. The van der Waals surface area contributed by atoms with E-state index >= 15 is 0 Å². The third-order valence-electron chi connectivity index (χ3n) is 7.30. The van der Waals surface area contributed by atoms with Crippen LogP contribution in [-0.4, -0.2) is 24.0 Å². The Morgan fingerprint density at radius 2 is 1.38 bits per heavy atom. The van der Waals surface area contributed by atoms with Gasteiger partial charge in [-0.05, 0) is 53.8 Å². The second kappa shape index (κ2) is 7.68. The van der Waals surface area contributed by atoms with Gasteiger partial charge in [0.25, 0.3) is 0 Å². The molecule has 1 nitrogen and oxygen atoms in total. The molecule has 0 amide bonds. The predicted octanol–water partition coefficient (Wildman–Crippen LogP) is 6.87. The summed E-state index contributed by atoms with van der Waals surface area (Å²) in [5.74, 6) is 2.49. The summed E-state index contributed by atoms with van der Waals surface area (Å²) in [6, 6.07) is 0.732. The van der Waals surface area contributed by atoms with Gasteiger partial charge in [0, 0.05) is 19.1 Å². The van der Waals surface area contributed by atoms with Crippen LogP contribution in [-0.2, 0) is 0 Å². The SMILES string of the molecule is CCC(CC(C)(C)C1CN(C(C)CC(C)C(C)(C)C)C1)C(C)(C)C. The Labute approximate surface area is 154 Å². The van der Waals surface area contributed by atoms with Gasteiger partial charge in [-0.1, -0.05) is 75.7 Å². The standard InChI is InChI=1S/C23H47N/c1-12-19(22(7,8)9)14-23(10,11)20-15-24(16-20)18(3)13-17(2)21(4,5)6/h17-20H,12-16H2,1-11H3. The van der Waals surface area contributed by atoms with Gasteiger partial charge in [-0.3, -0.25) is 4.90 Å². The van der Waals surface area contributed by atoms with Crippen LogP contribution in [0, 0.1) is 34.0 Å². The molecule has 0 aromatic rings. The molecule has 0 aromatic carbocycles. The summed E-state index contributed by atoms with van der Waals surface area (Å²) in [6.07, 6.45) is 4.01. The Morgan fingerprint density at radius 3 is 1.75 bits per heavy atom. The number of likely N-dealkylation sites (tertiary alicyclic amines) is 1. The van der Waals surface area contributed by atoms with E-state index in [1.54, 1.807) is 0 Å². The molecule has 1 saturated heterocycles. The highest BCUT2D eigenvalue weighted by molar-refractivity contribution is 4.95. The molecule has 0 saturated carbocycles. The molecular formula is C23H47N. The van der Waals surface area contributed by atoms with E-state index in [2.05, 4.69) is 81.1 Å². The van der Waals surface area contributed by atoms with Crippen molar-refractivity contribution in [3.8, 4) is 0 Å². The highest BCUT2D eigenvalue weighted by Crippen LogP contribution is 2.45. The molecule has 0 N–H and O–H groups in total. The molecule has 0 bridgehead atoms. The van der Waals surface area contributed by atoms with Crippen molar-refractivity contribution in [2.24, 2.45) is 34.0 Å². The van der Waals surface area contributed by atoms with E-state index in [0.29, 0.717) is 16.2 Å². The van der Waals surface area contributed by atoms with Gasteiger partial charge in [0.1, 0.15) is 0 Å². The van der Waals surface area contributed by atoms with Crippen molar-refractivity contribution in [2.45, 2.75) is 101 Å². The predicted molar refractivity (Wildman–Crippen MR) is 109 cm³/mol. The molecule has 1 aliphatic rings. The molecule has 144 valence electrons. The van der Waals surface area contributed by atoms with Crippen molar-refractivity contribution in [1.82, 2.24) is 4.90 Å². The molecule has 1 heteroatoms. The lowest BCUT2D eigenvalue weighted by Crippen LogP contribution is -2.57. The van der Waals surface area contributed by atoms with Crippen molar-refractivity contribution in [1.29, 1.82) is 0 Å². The summed E-state index contributed by atoms with van der Waals surface area (Å²) in [4.78, 5) is 2.73. The fourth-order valence-electron chi connectivity index (χ4n) is 4.25. The number of hydrogen-bond donors (Lipinski definition) is 0. The summed E-state index contributed by atoms with van der Waals surface area (Å²) in [5.41, 5.74) is 1.34. The van der Waals surface area contributed by atoms with Crippen LogP contribution in [0.25, 0.3) is 0 Å². The minimum absolute atomic E-state index is 0.429. The molecule has 3 atom stereocenters. The average Bonchev–Trinajstić information content (AvgIpc) is 2.30. The van der Waals surface area contributed by atoms with Crippen LogP contribution in [0.2, 0.25) is 0 Å². The molecule has 0 aliphatic carbocycles. The zero-order valence-electron chi connectivity index (χ0n) is 18.8. The third kappa shape index (κ3) is 5.75. The number of hydrogen-bond acceptors (Lipinski definition) is 1. The maximum Gasteiger partial charge on any atom is 0.00699 e. The lowest BCUT2D eigenvalue weighted by molar-refractivity contribution is -0.0356. The molecule has 1 aliphatic heterocycles. The van der Waals surface area contributed by atoms with Crippen LogP contribution in [0.1, 0.15) is 95.4 Å². The second-order valence-electron chi connectivity index (χ2n) is 11.7. The zero-order chi connectivity index (χ0) is 18.9. The summed E-state index contributed by atoms with van der Waals surface area (Å²) >= 11 is 0. The first-order valence-corrected chi connectivity index (χ1v) is 10.4. The monoisotopic (exact) mass is 337 g/mol. The van der Waals surface area contributed by atoms with Crippen LogP contribution >= 0.6 is 0 Å². The lowest BCUT2D eigenvalue weighted by atomic mass is 9.64. The van der Waals surface area contributed by atoms with Crippen LogP contribution in [0.3, 0.4) is 0 Å². The molecule has 1 fully saturated rings. The van der Waals surface area contributed by atoms with Crippen molar-refractivity contribution < 1.29 is 0 Å². The van der Waals surface area contributed by atoms with Gasteiger partial charge in [0.15, 0.2) is 0 Å². The normalized spacial score (nSPS) is 22.1. The van der Waals surface area contributed by atoms with Crippen molar-refractivity contribution >= 4 is 0 Å². The maximum atomic E-state index is 2.73. The van der Waals surface area contributed by atoms with E-state index in [-0.39, 0.29) is 0 Å². The minimum Gasteiger partial charge on any atom is -0.300 e. The molecule has 0 spiro atoms. The first kappa shape index (κ1) is 22.0. The summed E-state index contributed by atoms with van der Waals surface area (Å²) in [7, 11) is 0. The van der Waals surface area contributed by atoms with Gasteiger partial charge in [0.2, 0.25) is 0 Å². The van der Waals surface area contributed by atoms with Gasteiger partial charge in [-0.15, -0.1) is 0 Å². The zero-order valence-corrected chi connectivity index (χ0v) is 18.8. The van der Waals surface area contributed by atoms with Crippen LogP contribution < -0.4 is 0 Å². The number of nitrogens with zero attached hydrogens (tertiary/aromatic N) is 1. The fraction of sp³-hybridized carbons (Fsp3) is 1.00. The van der Waals surface area contributed by atoms with Crippen molar-refractivity contribution in [3.05, 3.63) is 0 Å². The van der Waals surface area contributed by atoms with E-state index in [0.717, 1.165) is 23.8 Å². The summed E-state index contributed by atoms with van der Waals surface area (Å²) in [5, 5.41) is 0. The Hall–Kier alpha value is -0.0400. The molecule has 24 heavy (non-hydrogen) atoms.